The van der Waals surface area contributed by atoms with E-state index >= 15 is 0 Å². The minimum atomic E-state index is -0.464. The minimum Gasteiger partial charge on any atom is -0.462 e. The second-order valence-electron chi connectivity index (χ2n) is 6.32. The number of esters is 1. The molecule has 1 amide bonds. The van der Waals surface area contributed by atoms with Gasteiger partial charge in [0.25, 0.3) is 5.91 Å². The average molecular weight is 407 g/mol. The van der Waals surface area contributed by atoms with E-state index in [1.54, 1.807) is 54.4 Å². The monoisotopic (exact) mass is 407 g/mol. The van der Waals surface area contributed by atoms with Gasteiger partial charge in [-0.25, -0.2) is 4.79 Å². The van der Waals surface area contributed by atoms with Crippen molar-refractivity contribution in [3.63, 3.8) is 0 Å². The summed E-state index contributed by atoms with van der Waals surface area (Å²) >= 11 is 1.36. The predicted octanol–water partition coefficient (Wildman–Crippen LogP) is 4.29. The summed E-state index contributed by atoms with van der Waals surface area (Å²) in [6, 6.07) is 10.4. The van der Waals surface area contributed by atoms with Crippen molar-refractivity contribution in [3.05, 3.63) is 64.4 Å². The van der Waals surface area contributed by atoms with Crippen LogP contribution < -0.4 is 0 Å². The number of allylic oxidation sites excluding steroid dienone is 1. The molecular formula is C21H17N3O4S. The molecular weight excluding hydrogens is 390 g/mol. The Bertz CT molecular complexity index is 1110. The van der Waals surface area contributed by atoms with E-state index in [1.807, 2.05) is 6.92 Å². The number of amides is 1. The number of furan rings is 1. The number of ether oxygens (including phenoxy) is 1. The molecule has 0 radical (unpaired) electrons. The van der Waals surface area contributed by atoms with Crippen LogP contribution in [-0.4, -0.2) is 34.4 Å². The van der Waals surface area contributed by atoms with Gasteiger partial charge in [0.1, 0.15) is 17.4 Å². The van der Waals surface area contributed by atoms with Gasteiger partial charge in [-0.15, -0.1) is 0 Å². The van der Waals surface area contributed by atoms with E-state index in [2.05, 4.69) is 4.99 Å². The number of hydrogen-bond acceptors (Lipinski definition) is 6. The summed E-state index contributed by atoms with van der Waals surface area (Å²) in [6.07, 6.45) is 3.30. The number of carbonyl (C=O) groups is 2. The van der Waals surface area contributed by atoms with Gasteiger partial charge in [0.15, 0.2) is 5.17 Å². The molecule has 0 saturated heterocycles. The van der Waals surface area contributed by atoms with Crippen LogP contribution >= 0.6 is 11.8 Å². The van der Waals surface area contributed by atoms with E-state index in [0.29, 0.717) is 28.9 Å². The Hall–Kier alpha value is -3.39. The number of fused-ring (bicyclic) bond motifs is 1. The summed E-state index contributed by atoms with van der Waals surface area (Å²) in [5, 5.41) is 8.82. The molecule has 0 bridgehead atoms. The maximum atomic E-state index is 12.3. The largest absolute Gasteiger partial charge is 0.462 e. The second kappa shape index (κ2) is 7.56. The Kier molecular flexibility index (Phi) is 4.94. The van der Waals surface area contributed by atoms with Gasteiger partial charge in [0, 0.05) is 16.7 Å². The highest BCUT2D eigenvalue weighted by Gasteiger charge is 2.33. The zero-order chi connectivity index (χ0) is 20.5. The van der Waals surface area contributed by atoms with Crippen molar-refractivity contribution in [1.29, 1.82) is 5.41 Å². The van der Waals surface area contributed by atoms with E-state index in [4.69, 9.17) is 14.6 Å². The number of amidine groups is 2. The first kappa shape index (κ1) is 18.9. The zero-order valence-electron chi connectivity index (χ0n) is 15.8. The van der Waals surface area contributed by atoms with Crippen molar-refractivity contribution in [2.75, 3.05) is 6.61 Å². The normalized spacial score (nSPS) is 17.3. The van der Waals surface area contributed by atoms with Gasteiger partial charge in [0.05, 0.1) is 17.7 Å². The van der Waals surface area contributed by atoms with E-state index in [-0.39, 0.29) is 17.4 Å². The molecule has 7 nitrogen and oxygen atoms in total. The van der Waals surface area contributed by atoms with Crippen LogP contribution in [0.1, 0.15) is 30.0 Å². The van der Waals surface area contributed by atoms with Crippen molar-refractivity contribution in [2.45, 2.75) is 13.8 Å². The Morgan fingerprint density at radius 3 is 2.76 bits per heavy atom. The third kappa shape index (κ3) is 3.66. The standard InChI is InChI=1S/C21H17N3O4S/c1-3-27-20(26)14-6-4-13(5-7-14)17-9-8-15(28-17)10-16-18(22)24-11-12(2)29-21(24)23-19(16)25/h4-11,22H,3H2,1-2H3/b16-10-,22-18?. The molecule has 2 aliphatic rings. The molecule has 29 heavy (non-hydrogen) atoms. The van der Waals surface area contributed by atoms with E-state index in [9.17, 15) is 9.59 Å². The summed E-state index contributed by atoms with van der Waals surface area (Å²) in [4.78, 5) is 30.7. The molecule has 4 rings (SSSR count). The van der Waals surface area contributed by atoms with Gasteiger partial charge in [-0.05, 0) is 44.2 Å². The molecule has 0 atom stereocenters. The second-order valence-corrected chi connectivity index (χ2v) is 7.53. The van der Waals surface area contributed by atoms with Crippen molar-refractivity contribution in [1.82, 2.24) is 4.90 Å². The van der Waals surface area contributed by atoms with Crippen LogP contribution in [0.2, 0.25) is 0 Å². The van der Waals surface area contributed by atoms with Crippen LogP contribution in [0.5, 0.6) is 0 Å². The summed E-state index contributed by atoms with van der Waals surface area (Å²) < 4.78 is 10.8. The fraction of sp³-hybridized carbons (Fsp3) is 0.143. The number of nitrogens with one attached hydrogen (secondary N) is 1. The van der Waals surface area contributed by atoms with Crippen LogP contribution in [0.25, 0.3) is 17.4 Å². The van der Waals surface area contributed by atoms with Crippen LogP contribution in [0.4, 0.5) is 0 Å². The Labute approximate surface area is 171 Å². The van der Waals surface area contributed by atoms with Crippen molar-refractivity contribution in [3.8, 4) is 11.3 Å². The fourth-order valence-electron chi connectivity index (χ4n) is 2.91. The first-order valence-corrected chi connectivity index (χ1v) is 9.74. The fourth-order valence-corrected chi connectivity index (χ4v) is 3.73. The molecule has 0 fully saturated rings. The molecule has 0 saturated carbocycles. The molecule has 3 heterocycles. The number of nitrogens with zero attached hydrogens (tertiary/aromatic N) is 2. The summed E-state index contributed by atoms with van der Waals surface area (Å²) in [5.74, 6) is 0.254. The number of hydrogen-bond donors (Lipinski definition) is 1. The molecule has 1 N–H and O–H groups in total. The van der Waals surface area contributed by atoms with Gasteiger partial charge in [-0.2, -0.15) is 4.99 Å². The highest BCUT2D eigenvalue weighted by atomic mass is 32.2. The number of aliphatic imine (C=N–C) groups is 1. The molecule has 1 aromatic heterocycles. The summed E-state index contributed by atoms with van der Waals surface area (Å²) in [6.45, 7) is 3.98. The van der Waals surface area contributed by atoms with Gasteiger partial charge in [0.2, 0.25) is 0 Å². The number of benzene rings is 1. The molecule has 0 spiro atoms. The first-order chi connectivity index (χ1) is 14.0. The van der Waals surface area contributed by atoms with Gasteiger partial charge in [-0.3, -0.25) is 15.1 Å². The molecule has 2 aliphatic heterocycles. The van der Waals surface area contributed by atoms with Crippen molar-refractivity contribution < 1.29 is 18.7 Å². The van der Waals surface area contributed by atoms with Crippen LogP contribution in [0.3, 0.4) is 0 Å². The summed E-state index contributed by atoms with van der Waals surface area (Å²) in [5.41, 5.74) is 1.41. The maximum absolute atomic E-state index is 12.3. The SMILES string of the molecule is CCOC(=O)c1ccc(-c2ccc(/C=C3/C(=N)N4C=C(C)SC4=NC3=O)o2)cc1. The van der Waals surface area contributed by atoms with Crippen LogP contribution in [0, 0.1) is 5.41 Å². The lowest BCUT2D eigenvalue weighted by molar-refractivity contribution is -0.114. The van der Waals surface area contributed by atoms with Crippen molar-refractivity contribution >= 4 is 40.7 Å². The lowest BCUT2D eigenvalue weighted by atomic mass is 10.1. The molecule has 0 aliphatic carbocycles. The highest BCUT2D eigenvalue weighted by Crippen LogP contribution is 2.33. The first-order valence-electron chi connectivity index (χ1n) is 8.93. The lowest BCUT2D eigenvalue weighted by Crippen LogP contribution is -2.35. The maximum Gasteiger partial charge on any atom is 0.338 e. The molecule has 1 aromatic carbocycles. The number of thioether (sulfide) groups is 1. The quantitative estimate of drug-likeness (QED) is 0.600. The van der Waals surface area contributed by atoms with Gasteiger partial charge >= 0.3 is 5.97 Å². The number of carbonyl (C=O) groups excluding carboxylic acids is 2. The van der Waals surface area contributed by atoms with E-state index < -0.39 is 5.91 Å². The van der Waals surface area contributed by atoms with E-state index in [1.165, 1.54) is 17.8 Å². The lowest BCUT2D eigenvalue weighted by Gasteiger charge is -2.21. The average Bonchev–Trinajstić information content (AvgIpc) is 3.32. The Balaban J connectivity index is 1.57. The molecule has 0 unspecified atom stereocenters. The van der Waals surface area contributed by atoms with E-state index in [0.717, 1.165) is 10.5 Å². The molecule has 8 heteroatoms. The number of rotatable bonds is 4. The predicted molar refractivity (Wildman–Crippen MR) is 111 cm³/mol. The zero-order valence-corrected chi connectivity index (χ0v) is 16.6. The topological polar surface area (TPSA) is 96.0 Å². The van der Waals surface area contributed by atoms with Gasteiger partial charge in [-0.1, -0.05) is 23.9 Å². The molecule has 2 aromatic rings. The highest BCUT2D eigenvalue weighted by molar-refractivity contribution is 8.17. The summed E-state index contributed by atoms with van der Waals surface area (Å²) in [7, 11) is 0. The van der Waals surface area contributed by atoms with Crippen LogP contribution in [-0.2, 0) is 9.53 Å². The Morgan fingerprint density at radius 1 is 1.28 bits per heavy atom. The molecule has 146 valence electrons. The third-order valence-corrected chi connectivity index (χ3v) is 5.18. The smallest absolute Gasteiger partial charge is 0.338 e. The van der Waals surface area contributed by atoms with Crippen molar-refractivity contribution in [2.24, 2.45) is 4.99 Å². The Morgan fingerprint density at radius 2 is 2.03 bits per heavy atom. The minimum absolute atomic E-state index is 0.0705. The third-order valence-electron chi connectivity index (χ3n) is 4.29. The van der Waals surface area contributed by atoms with Crippen LogP contribution in [0.15, 0.2) is 62.5 Å². The van der Waals surface area contributed by atoms with Gasteiger partial charge < -0.3 is 9.15 Å².